The summed E-state index contributed by atoms with van der Waals surface area (Å²) in [6.07, 6.45) is 3.18. The highest BCUT2D eigenvalue weighted by atomic mass is 16.5. The zero-order chi connectivity index (χ0) is 16.4. The summed E-state index contributed by atoms with van der Waals surface area (Å²) in [5.41, 5.74) is 11.3. The smallest absolute Gasteiger partial charge is 0.119 e. The molecule has 23 heavy (non-hydrogen) atoms. The summed E-state index contributed by atoms with van der Waals surface area (Å²) in [5.74, 6) is 1.21. The van der Waals surface area contributed by atoms with Crippen LogP contribution in [0.2, 0.25) is 0 Å². The molecule has 3 nitrogen and oxygen atoms in total. The Morgan fingerprint density at radius 1 is 1.17 bits per heavy atom. The maximum atomic E-state index is 6.10. The van der Waals surface area contributed by atoms with E-state index in [1.165, 1.54) is 27.6 Å². The van der Waals surface area contributed by atoms with Crippen LogP contribution in [0.3, 0.4) is 0 Å². The van der Waals surface area contributed by atoms with Gasteiger partial charge in [0.2, 0.25) is 0 Å². The first-order valence-electron chi connectivity index (χ1n) is 8.01. The van der Waals surface area contributed by atoms with Crippen LogP contribution in [0.25, 0.3) is 10.9 Å². The summed E-state index contributed by atoms with van der Waals surface area (Å²) in [7, 11) is 3.80. The lowest BCUT2D eigenvalue weighted by Crippen LogP contribution is -2.16. The molecule has 3 aromatic rings. The first-order valence-corrected chi connectivity index (χ1v) is 8.01. The van der Waals surface area contributed by atoms with Crippen LogP contribution in [-0.4, -0.2) is 18.2 Å². The number of benzene rings is 2. The first kappa shape index (κ1) is 15.6. The van der Waals surface area contributed by atoms with Gasteiger partial charge < -0.3 is 15.0 Å². The molecule has 3 heteroatoms. The minimum Gasteiger partial charge on any atom is -0.497 e. The molecule has 0 radical (unpaired) electrons. The number of aromatic nitrogens is 1. The van der Waals surface area contributed by atoms with Crippen LogP contribution < -0.4 is 10.5 Å². The average molecular weight is 308 g/mol. The minimum atomic E-state index is 0.312. The van der Waals surface area contributed by atoms with Crippen LogP contribution in [0.1, 0.15) is 22.6 Å². The summed E-state index contributed by atoms with van der Waals surface area (Å²) in [5, 5.41) is 1.32. The van der Waals surface area contributed by atoms with Gasteiger partial charge in [0.1, 0.15) is 5.75 Å². The zero-order valence-corrected chi connectivity index (χ0v) is 14.0. The molecule has 0 saturated heterocycles. The molecular weight excluding hydrogens is 284 g/mol. The Kier molecular flexibility index (Phi) is 4.39. The maximum Gasteiger partial charge on any atom is 0.119 e. The Bertz CT molecular complexity index is 820. The molecule has 0 aliphatic carbocycles. The van der Waals surface area contributed by atoms with E-state index in [2.05, 4.69) is 61.1 Å². The van der Waals surface area contributed by atoms with Crippen molar-refractivity contribution in [3.05, 3.63) is 65.4 Å². The van der Waals surface area contributed by atoms with Crippen LogP contribution >= 0.6 is 0 Å². The van der Waals surface area contributed by atoms with Gasteiger partial charge in [0.05, 0.1) is 7.11 Å². The van der Waals surface area contributed by atoms with Crippen molar-refractivity contribution < 1.29 is 4.74 Å². The number of para-hydroxylation sites is 1. The van der Waals surface area contributed by atoms with Gasteiger partial charge in [-0.2, -0.15) is 0 Å². The van der Waals surface area contributed by atoms with Crippen molar-refractivity contribution in [1.82, 2.24) is 4.57 Å². The summed E-state index contributed by atoms with van der Waals surface area (Å²) in [6.45, 7) is 2.76. The molecule has 0 fully saturated rings. The van der Waals surface area contributed by atoms with E-state index in [9.17, 15) is 0 Å². The molecule has 0 saturated carbocycles. The quantitative estimate of drug-likeness (QED) is 0.779. The summed E-state index contributed by atoms with van der Waals surface area (Å²) < 4.78 is 7.50. The maximum absolute atomic E-state index is 6.10. The fraction of sp³-hybridized carbons (Fsp3) is 0.300. The molecule has 1 atom stereocenters. The fourth-order valence-corrected chi connectivity index (χ4v) is 3.41. The molecule has 0 aliphatic rings. The second kappa shape index (κ2) is 6.47. The van der Waals surface area contributed by atoms with E-state index in [1.807, 2.05) is 6.07 Å². The first-order chi connectivity index (χ1) is 11.1. The molecule has 0 bridgehead atoms. The van der Waals surface area contributed by atoms with Crippen LogP contribution in [0.4, 0.5) is 0 Å². The van der Waals surface area contributed by atoms with E-state index in [0.717, 1.165) is 12.2 Å². The Morgan fingerprint density at radius 3 is 2.65 bits per heavy atom. The van der Waals surface area contributed by atoms with Gasteiger partial charge in [0.15, 0.2) is 0 Å². The number of hydrogen-bond donors (Lipinski definition) is 1. The highest BCUT2D eigenvalue weighted by molar-refractivity contribution is 5.84. The number of hydrogen-bond acceptors (Lipinski definition) is 2. The predicted octanol–water partition coefficient (Wildman–Crippen LogP) is 3.78. The summed E-state index contributed by atoms with van der Waals surface area (Å²) in [6, 6.07) is 14.8. The number of ether oxygens (including phenoxy) is 1. The van der Waals surface area contributed by atoms with E-state index >= 15 is 0 Å². The highest BCUT2D eigenvalue weighted by Crippen LogP contribution is 2.29. The lowest BCUT2D eigenvalue weighted by molar-refractivity contribution is 0.414. The normalized spacial score (nSPS) is 12.5. The fourth-order valence-electron chi connectivity index (χ4n) is 3.41. The Hall–Kier alpha value is -2.26. The van der Waals surface area contributed by atoms with E-state index in [4.69, 9.17) is 10.5 Å². The Labute approximate surface area is 137 Å². The van der Waals surface area contributed by atoms with Crippen LogP contribution in [0.5, 0.6) is 5.75 Å². The SMILES string of the molecule is COc1ccc(C(CN)Cc2cn(C)c3ccccc23)c(C)c1. The Balaban J connectivity index is 1.95. The van der Waals surface area contributed by atoms with E-state index in [0.29, 0.717) is 12.5 Å². The zero-order valence-electron chi connectivity index (χ0n) is 14.0. The second-order valence-corrected chi connectivity index (χ2v) is 6.14. The largest absolute Gasteiger partial charge is 0.497 e. The van der Waals surface area contributed by atoms with Crippen molar-refractivity contribution >= 4 is 10.9 Å². The molecule has 2 N–H and O–H groups in total. The predicted molar refractivity (Wildman–Crippen MR) is 96.1 cm³/mol. The lowest BCUT2D eigenvalue weighted by Gasteiger charge is -2.18. The van der Waals surface area contributed by atoms with E-state index < -0.39 is 0 Å². The van der Waals surface area contributed by atoms with E-state index in [-0.39, 0.29) is 0 Å². The molecule has 2 aromatic carbocycles. The lowest BCUT2D eigenvalue weighted by atomic mass is 9.89. The molecule has 1 unspecified atom stereocenters. The van der Waals surface area contributed by atoms with E-state index in [1.54, 1.807) is 7.11 Å². The molecule has 1 heterocycles. The number of aryl methyl sites for hydroxylation is 2. The van der Waals surface area contributed by atoms with Crippen molar-refractivity contribution in [2.24, 2.45) is 12.8 Å². The van der Waals surface area contributed by atoms with Crippen LogP contribution in [-0.2, 0) is 13.5 Å². The van der Waals surface area contributed by atoms with Crippen molar-refractivity contribution in [3.63, 3.8) is 0 Å². The van der Waals surface area contributed by atoms with Crippen molar-refractivity contribution in [2.75, 3.05) is 13.7 Å². The number of methoxy groups -OCH3 is 1. The van der Waals surface area contributed by atoms with Gasteiger partial charge in [-0.15, -0.1) is 0 Å². The van der Waals surface area contributed by atoms with Crippen molar-refractivity contribution in [3.8, 4) is 5.75 Å². The van der Waals surface area contributed by atoms with Gasteiger partial charge in [0.25, 0.3) is 0 Å². The standard InChI is InChI=1S/C20H24N2O/c1-14-10-17(23-3)8-9-18(14)15(12-21)11-16-13-22(2)20-7-5-4-6-19(16)20/h4-10,13,15H,11-12,21H2,1-3H3. The molecular formula is C20H24N2O. The van der Waals surface area contributed by atoms with Gasteiger partial charge in [-0.25, -0.2) is 0 Å². The number of nitrogens with two attached hydrogens (primary N) is 1. The molecule has 1 aromatic heterocycles. The van der Waals surface area contributed by atoms with Gasteiger partial charge in [0, 0.05) is 30.1 Å². The summed E-state index contributed by atoms with van der Waals surface area (Å²) in [4.78, 5) is 0. The number of nitrogens with zero attached hydrogens (tertiary/aromatic N) is 1. The monoisotopic (exact) mass is 308 g/mol. The van der Waals surface area contributed by atoms with Crippen LogP contribution in [0.15, 0.2) is 48.7 Å². The third-order valence-electron chi connectivity index (χ3n) is 4.65. The van der Waals surface area contributed by atoms with Gasteiger partial charge in [-0.3, -0.25) is 0 Å². The van der Waals surface area contributed by atoms with Gasteiger partial charge in [-0.05, 0) is 54.8 Å². The molecule has 0 aliphatic heterocycles. The highest BCUT2D eigenvalue weighted by Gasteiger charge is 2.16. The number of rotatable bonds is 5. The van der Waals surface area contributed by atoms with Gasteiger partial charge >= 0.3 is 0 Å². The van der Waals surface area contributed by atoms with Crippen molar-refractivity contribution in [2.45, 2.75) is 19.3 Å². The van der Waals surface area contributed by atoms with Crippen LogP contribution in [0, 0.1) is 6.92 Å². The second-order valence-electron chi connectivity index (χ2n) is 6.14. The molecule has 120 valence electrons. The molecule has 0 spiro atoms. The number of fused-ring (bicyclic) bond motifs is 1. The Morgan fingerprint density at radius 2 is 1.96 bits per heavy atom. The van der Waals surface area contributed by atoms with Crippen molar-refractivity contribution in [1.29, 1.82) is 0 Å². The summed E-state index contributed by atoms with van der Waals surface area (Å²) >= 11 is 0. The average Bonchev–Trinajstić information content (AvgIpc) is 2.89. The topological polar surface area (TPSA) is 40.2 Å². The third kappa shape index (κ3) is 2.97. The third-order valence-corrected chi connectivity index (χ3v) is 4.65. The molecule has 3 rings (SSSR count). The van der Waals surface area contributed by atoms with Gasteiger partial charge in [-0.1, -0.05) is 24.3 Å². The minimum absolute atomic E-state index is 0.312. The molecule has 0 amide bonds.